The Labute approximate surface area is 102 Å². The van der Waals surface area contributed by atoms with E-state index in [4.69, 9.17) is 9.47 Å². The quantitative estimate of drug-likeness (QED) is 0.853. The third-order valence-electron chi connectivity index (χ3n) is 2.19. The fourth-order valence-corrected chi connectivity index (χ4v) is 1.63. The van der Waals surface area contributed by atoms with Gasteiger partial charge in [-0.15, -0.1) is 0 Å². The molecule has 0 fully saturated rings. The molecule has 1 N–H and O–H groups in total. The van der Waals surface area contributed by atoms with E-state index in [0.29, 0.717) is 18.0 Å². The van der Waals surface area contributed by atoms with Crippen LogP contribution < -0.4 is 14.8 Å². The van der Waals surface area contributed by atoms with E-state index in [1.165, 1.54) is 0 Å². The largest absolute Gasteiger partial charge is 0.485 e. The van der Waals surface area contributed by atoms with Crippen LogP contribution in [0.4, 0.5) is 0 Å². The number of rotatable bonds is 3. The van der Waals surface area contributed by atoms with Gasteiger partial charge in [-0.2, -0.15) is 0 Å². The van der Waals surface area contributed by atoms with E-state index in [1.54, 1.807) is 6.07 Å². The number of hydrogen-bond acceptors (Lipinski definition) is 3. The zero-order valence-corrected chi connectivity index (χ0v) is 10.2. The lowest BCUT2D eigenvalue weighted by Crippen LogP contribution is -2.44. The molecular formula is C11H12BrNO3. The Morgan fingerprint density at radius 2 is 2.19 bits per heavy atom. The molecule has 0 aliphatic carbocycles. The van der Waals surface area contributed by atoms with E-state index in [9.17, 15) is 4.79 Å². The number of halogens is 1. The Morgan fingerprint density at radius 1 is 1.44 bits per heavy atom. The first-order chi connectivity index (χ1) is 7.81. The molecule has 1 atom stereocenters. The van der Waals surface area contributed by atoms with Crippen molar-refractivity contribution in [1.29, 1.82) is 0 Å². The molecule has 4 nitrogen and oxygen atoms in total. The predicted molar refractivity (Wildman–Crippen MR) is 63.2 cm³/mol. The average molecular weight is 286 g/mol. The minimum Gasteiger partial charge on any atom is -0.485 e. The summed E-state index contributed by atoms with van der Waals surface area (Å²) >= 11 is 3.24. The molecule has 1 aliphatic rings. The molecule has 1 aromatic rings. The van der Waals surface area contributed by atoms with Crippen LogP contribution in [0.25, 0.3) is 0 Å². The molecule has 0 spiro atoms. The van der Waals surface area contributed by atoms with Crippen molar-refractivity contribution in [2.45, 2.75) is 6.10 Å². The van der Waals surface area contributed by atoms with Crippen molar-refractivity contribution < 1.29 is 14.3 Å². The summed E-state index contributed by atoms with van der Waals surface area (Å²) in [4.78, 5) is 11.6. The third-order valence-corrected chi connectivity index (χ3v) is 2.59. The summed E-state index contributed by atoms with van der Waals surface area (Å²) in [5.41, 5.74) is 0. The van der Waals surface area contributed by atoms with Crippen LogP contribution in [0.2, 0.25) is 0 Å². The van der Waals surface area contributed by atoms with Crippen LogP contribution >= 0.6 is 15.9 Å². The predicted octanol–water partition coefficient (Wildman–Crippen LogP) is 1.34. The first kappa shape index (κ1) is 11.3. The molecule has 1 aliphatic heterocycles. The number of carbonyl (C=O) groups excluding carboxylic acids is 1. The van der Waals surface area contributed by atoms with Gasteiger partial charge in [-0.1, -0.05) is 28.1 Å². The van der Waals surface area contributed by atoms with Gasteiger partial charge < -0.3 is 14.8 Å². The standard InChI is InChI=1S/C11H12BrNO3/c12-5-6-13-11(14)10-7-15-8-3-1-2-4-9(8)16-10/h1-4,10H,5-7H2,(H,13,14). The smallest absolute Gasteiger partial charge is 0.264 e. The number of carbonyl (C=O) groups is 1. The summed E-state index contributed by atoms with van der Waals surface area (Å²) < 4.78 is 11.0. The van der Waals surface area contributed by atoms with Crippen LogP contribution in [-0.4, -0.2) is 30.5 Å². The van der Waals surface area contributed by atoms with Gasteiger partial charge in [0.05, 0.1) is 0 Å². The topological polar surface area (TPSA) is 47.6 Å². The van der Waals surface area contributed by atoms with Gasteiger partial charge >= 0.3 is 0 Å². The second-order valence-corrected chi connectivity index (χ2v) is 4.14. The minimum atomic E-state index is -0.561. The molecule has 0 aromatic heterocycles. The summed E-state index contributed by atoms with van der Waals surface area (Å²) in [5, 5.41) is 3.47. The van der Waals surface area contributed by atoms with Crippen molar-refractivity contribution in [3.05, 3.63) is 24.3 Å². The number of hydrogen-bond donors (Lipinski definition) is 1. The monoisotopic (exact) mass is 285 g/mol. The van der Waals surface area contributed by atoms with Gasteiger partial charge in [0.25, 0.3) is 5.91 Å². The van der Waals surface area contributed by atoms with Gasteiger partial charge in [-0.05, 0) is 12.1 Å². The first-order valence-corrected chi connectivity index (χ1v) is 6.15. The highest BCUT2D eigenvalue weighted by Gasteiger charge is 2.26. The third kappa shape index (κ3) is 2.47. The summed E-state index contributed by atoms with van der Waals surface area (Å²) in [6, 6.07) is 7.33. The van der Waals surface area contributed by atoms with E-state index in [0.717, 1.165) is 5.33 Å². The number of ether oxygens (including phenoxy) is 2. The number of amides is 1. The second kappa shape index (κ2) is 5.21. The Bertz CT molecular complexity index is 383. The second-order valence-electron chi connectivity index (χ2n) is 3.34. The Morgan fingerprint density at radius 3 is 2.94 bits per heavy atom. The van der Waals surface area contributed by atoms with Crippen LogP contribution in [0.1, 0.15) is 0 Å². The van der Waals surface area contributed by atoms with Gasteiger partial charge in [0.15, 0.2) is 11.5 Å². The lowest BCUT2D eigenvalue weighted by molar-refractivity contribution is -0.130. The SMILES string of the molecule is O=C(NCCBr)C1COc2ccccc2O1. The minimum absolute atomic E-state index is 0.144. The molecule has 0 radical (unpaired) electrons. The molecule has 0 bridgehead atoms. The van der Waals surface area contributed by atoms with Crippen LogP contribution in [0, 0.1) is 0 Å². The van der Waals surface area contributed by atoms with E-state index in [-0.39, 0.29) is 12.5 Å². The molecule has 16 heavy (non-hydrogen) atoms. The zero-order valence-electron chi connectivity index (χ0n) is 8.61. The summed E-state index contributed by atoms with van der Waals surface area (Å²) in [7, 11) is 0. The molecule has 0 saturated heterocycles. The van der Waals surface area contributed by atoms with Crippen LogP contribution in [0.5, 0.6) is 11.5 Å². The summed E-state index contributed by atoms with van der Waals surface area (Å²) in [6.07, 6.45) is -0.561. The highest BCUT2D eigenvalue weighted by Crippen LogP contribution is 2.30. The van der Waals surface area contributed by atoms with Gasteiger partial charge in [0.1, 0.15) is 6.61 Å². The Hall–Kier alpha value is -1.23. The lowest BCUT2D eigenvalue weighted by atomic mass is 10.2. The fraction of sp³-hybridized carbons (Fsp3) is 0.364. The summed E-state index contributed by atoms with van der Waals surface area (Å²) in [6.45, 7) is 0.839. The van der Waals surface area contributed by atoms with Crippen molar-refractivity contribution in [2.24, 2.45) is 0 Å². The fourth-order valence-electron chi connectivity index (χ4n) is 1.43. The van der Waals surface area contributed by atoms with Crippen molar-refractivity contribution in [1.82, 2.24) is 5.32 Å². The van der Waals surface area contributed by atoms with Gasteiger partial charge in [0, 0.05) is 11.9 Å². The maximum absolute atomic E-state index is 11.6. The summed E-state index contributed by atoms with van der Waals surface area (Å²) in [5.74, 6) is 1.16. The van der Waals surface area contributed by atoms with Crippen LogP contribution in [-0.2, 0) is 4.79 Å². The number of para-hydroxylation sites is 2. The van der Waals surface area contributed by atoms with Crippen molar-refractivity contribution in [2.75, 3.05) is 18.5 Å². The van der Waals surface area contributed by atoms with Gasteiger partial charge in [0.2, 0.25) is 6.10 Å². The lowest BCUT2D eigenvalue weighted by Gasteiger charge is -2.25. The normalized spacial score (nSPS) is 17.9. The highest BCUT2D eigenvalue weighted by molar-refractivity contribution is 9.09. The first-order valence-electron chi connectivity index (χ1n) is 5.03. The zero-order chi connectivity index (χ0) is 11.4. The molecule has 5 heteroatoms. The van der Waals surface area contributed by atoms with E-state index in [1.807, 2.05) is 18.2 Å². The molecule has 1 aromatic carbocycles. The number of nitrogens with one attached hydrogen (secondary N) is 1. The number of benzene rings is 1. The van der Waals surface area contributed by atoms with Crippen LogP contribution in [0.3, 0.4) is 0 Å². The van der Waals surface area contributed by atoms with Gasteiger partial charge in [-0.3, -0.25) is 4.79 Å². The van der Waals surface area contributed by atoms with E-state index >= 15 is 0 Å². The highest BCUT2D eigenvalue weighted by atomic mass is 79.9. The van der Waals surface area contributed by atoms with E-state index < -0.39 is 6.10 Å². The molecule has 1 heterocycles. The molecule has 1 amide bonds. The average Bonchev–Trinajstić information content (AvgIpc) is 2.35. The maximum Gasteiger partial charge on any atom is 0.264 e. The Kier molecular flexibility index (Phi) is 3.66. The molecule has 86 valence electrons. The van der Waals surface area contributed by atoms with Crippen molar-refractivity contribution in [3.8, 4) is 11.5 Å². The maximum atomic E-state index is 11.6. The molecule has 1 unspecified atom stereocenters. The number of fused-ring (bicyclic) bond motifs is 1. The molecule has 0 saturated carbocycles. The van der Waals surface area contributed by atoms with E-state index in [2.05, 4.69) is 21.2 Å². The van der Waals surface area contributed by atoms with Crippen molar-refractivity contribution in [3.63, 3.8) is 0 Å². The molecular weight excluding hydrogens is 274 g/mol. The van der Waals surface area contributed by atoms with Gasteiger partial charge in [-0.25, -0.2) is 0 Å². The van der Waals surface area contributed by atoms with Crippen molar-refractivity contribution >= 4 is 21.8 Å². The molecule has 2 rings (SSSR count). The Balaban J connectivity index is 1.99. The number of alkyl halides is 1. The van der Waals surface area contributed by atoms with Crippen LogP contribution in [0.15, 0.2) is 24.3 Å².